The number of hydrogen-bond donors (Lipinski definition) is 3. The van der Waals surface area contributed by atoms with Crippen molar-refractivity contribution in [3.8, 4) is 0 Å². The fourth-order valence-electron chi connectivity index (χ4n) is 1.67. The van der Waals surface area contributed by atoms with Gasteiger partial charge in [-0.1, -0.05) is 35.8 Å². The highest BCUT2D eigenvalue weighted by Gasteiger charge is 2.15. The number of rotatable bonds is 5. The molecule has 1 unspecified atom stereocenters. The minimum atomic E-state index is -0.757. The van der Waals surface area contributed by atoms with E-state index in [1.807, 2.05) is 19.9 Å². The lowest BCUT2D eigenvalue weighted by Gasteiger charge is -2.13. The lowest BCUT2D eigenvalue weighted by molar-refractivity contribution is -0.136. The molecule has 0 saturated heterocycles. The van der Waals surface area contributed by atoms with Crippen LogP contribution in [0, 0.1) is 5.92 Å². The van der Waals surface area contributed by atoms with Gasteiger partial charge in [-0.25, -0.2) is 0 Å². The van der Waals surface area contributed by atoms with Gasteiger partial charge in [0.25, 0.3) is 0 Å². The van der Waals surface area contributed by atoms with Gasteiger partial charge in [0, 0.05) is 16.7 Å². The number of carbonyl (C=O) groups excluding carboxylic acids is 2. The smallest absolute Gasteiger partial charge is 0.313 e. The number of anilines is 1. The molecule has 5 nitrogen and oxygen atoms in total. The van der Waals surface area contributed by atoms with Gasteiger partial charge in [-0.15, -0.1) is 0 Å². The van der Waals surface area contributed by atoms with Gasteiger partial charge in [0.15, 0.2) is 0 Å². The van der Waals surface area contributed by atoms with E-state index in [0.717, 1.165) is 4.47 Å². The van der Waals surface area contributed by atoms with Gasteiger partial charge in [0.1, 0.15) is 0 Å². The zero-order chi connectivity index (χ0) is 15.1. The topological polar surface area (TPSA) is 78.4 Å². The van der Waals surface area contributed by atoms with E-state index in [4.69, 9.17) is 0 Å². The third kappa shape index (κ3) is 6.16. The second-order valence-electron chi connectivity index (χ2n) is 4.96. The summed E-state index contributed by atoms with van der Waals surface area (Å²) >= 11 is 3.28. The van der Waals surface area contributed by atoms with E-state index in [0.29, 0.717) is 18.0 Å². The summed E-state index contributed by atoms with van der Waals surface area (Å²) in [4.78, 5) is 23.2. The van der Waals surface area contributed by atoms with Gasteiger partial charge >= 0.3 is 11.8 Å². The van der Waals surface area contributed by atoms with Crippen molar-refractivity contribution in [3.63, 3.8) is 0 Å². The number of nitrogens with one attached hydrogen (secondary N) is 2. The Morgan fingerprint density at radius 3 is 2.60 bits per heavy atom. The molecule has 6 heteroatoms. The van der Waals surface area contributed by atoms with Crippen molar-refractivity contribution >= 4 is 33.4 Å². The third-order valence-electron chi connectivity index (χ3n) is 2.53. The molecule has 110 valence electrons. The molecule has 0 aliphatic heterocycles. The molecule has 1 aromatic carbocycles. The average Bonchev–Trinajstić information content (AvgIpc) is 2.35. The molecule has 0 saturated carbocycles. The first-order valence-electron chi connectivity index (χ1n) is 6.41. The Balaban J connectivity index is 2.42. The summed E-state index contributed by atoms with van der Waals surface area (Å²) in [6, 6.07) is 6.95. The number of aliphatic hydroxyl groups is 1. The Kier molecular flexibility index (Phi) is 6.67. The number of halogens is 1. The van der Waals surface area contributed by atoms with E-state index in [-0.39, 0.29) is 6.54 Å². The number of amides is 2. The van der Waals surface area contributed by atoms with Crippen molar-refractivity contribution in [1.29, 1.82) is 0 Å². The molecule has 20 heavy (non-hydrogen) atoms. The number of benzene rings is 1. The normalized spacial score (nSPS) is 12.1. The van der Waals surface area contributed by atoms with Crippen LogP contribution in [0.2, 0.25) is 0 Å². The summed E-state index contributed by atoms with van der Waals surface area (Å²) in [5.74, 6) is -1.18. The molecule has 0 bridgehead atoms. The van der Waals surface area contributed by atoms with Crippen LogP contribution in [0.4, 0.5) is 5.69 Å². The Morgan fingerprint density at radius 2 is 2.00 bits per heavy atom. The fraction of sp³-hybridized carbons (Fsp3) is 0.429. The predicted octanol–water partition coefficient (Wildman–Crippen LogP) is 1.91. The van der Waals surface area contributed by atoms with Crippen molar-refractivity contribution < 1.29 is 14.7 Å². The minimum absolute atomic E-state index is 0.0723. The van der Waals surface area contributed by atoms with Gasteiger partial charge in [0.05, 0.1) is 6.10 Å². The summed E-state index contributed by atoms with van der Waals surface area (Å²) in [5, 5.41) is 14.5. The summed E-state index contributed by atoms with van der Waals surface area (Å²) < 4.78 is 0.808. The van der Waals surface area contributed by atoms with Crippen LogP contribution in [0.25, 0.3) is 0 Å². The van der Waals surface area contributed by atoms with Crippen LogP contribution in [-0.4, -0.2) is 29.6 Å². The Labute approximate surface area is 126 Å². The molecular weight excluding hydrogens is 324 g/mol. The Hall–Kier alpha value is -1.40. The molecule has 0 aromatic heterocycles. The van der Waals surface area contributed by atoms with Crippen LogP contribution >= 0.6 is 15.9 Å². The van der Waals surface area contributed by atoms with Crippen LogP contribution in [0.1, 0.15) is 20.3 Å². The summed E-state index contributed by atoms with van der Waals surface area (Å²) in [6.07, 6.45) is -0.0642. The number of carbonyl (C=O) groups is 2. The van der Waals surface area contributed by atoms with Gasteiger partial charge < -0.3 is 15.7 Å². The monoisotopic (exact) mass is 342 g/mol. The molecule has 1 atom stereocenters. The highest BCUT2D eigenvalue weighted by molar-refractivity contribution is 9.10. The van der Waals surface area contributed by atoms with E-state index < -0.39 is 17.9 Å². The molecular formula is C14H19BrN2O3. The lowest BCUT2D eigenvalue weighted by atomic mass is 10.1. The van der Waals surface area contributed by atoms with E-state index in [9.17, 15) is 14.7 Å². The molecule has 0 fully saturated rings. The van der Waals surface area contributed by atoms with Gasteiger partial charge in [0.2, 0.25) is 0 Å². The van der Waals surface area contributed by atoms with Crippen molar-refractivity contribution in [2.24, 2.45) is 5.92 Å². The Bertz CT molecular complexity index is 477. The van der Waals surface area contributed by atoms with Crippen molar-refractivity contribution in [3.05, 3.63) is 28.7 Å². The van der Waals surface area contributed by atoms with Crippen LogP contribution < -0.4 is 10.6 Å². The first-order valence-corrected chi connectivity index (χ1v) is 7.20. The zero-order valence-electron chi connectivity index (χ0n) is 11.5. The first-order chi connectivity index (χ1) is 9.38. The quantitative estimate of drug-likeness (QED) is 0.715. The van der Waals surface area contributed by atoms with Crippen molar-refractivity contribution in [1.82, 2.24) is 5.32 Å². The molecule has 1 rings (SSSR count). The largest absolute Gasteiger partial charge is 0.391 e. The zero-order valence-corrected chi connectivity index (χ0v) is 13.1. The van der Waals surface area contributed by atoms with E-state index >= 15 is 0 Å². The van der Waals surface area contributed by atoms with Crippen LogP contribution in [0.5, 0.6) is 0 Å². The molecule has 0 aliphatic carbocycles. The predicted molar refractivity (Wildman–Crippen MR) is 81.2 cm³/mol. The van der Waals surface area contributed by atoms with Crippen LogP contribution in [0.3, 0.4) is 0 Å². The molecule has 0 aliphatic rings. The van der Waals surface area contributed by atoms with Crippen LogP contribution in [0.15, 0.2) is 28.7 Å². The average molecular weight is 343 g/mol. The molecule has 1 aromatic rings. The van der Waals surface area contributed by atoms with Crippen molar-refractivity contribution in [2.45, 2.75) is 26.4 Å². The fourth-order valence-corrected chi connectivity index (χ4v) is 2.07. The SMILES string of the molecule is CC(C)CC(O)CNC(=O)C(=O)Nc1cccc(Br)c1. The third-order valence-corrected chi connectivity index (χ3v) is 3.02. The summed E-state index contributed by atoms with van der Waals surface area (Å²) in [6.45, 7) is 4.03. The van der Waals surface area contributed by atoms with E-state index in [1.165, 1.54) is 0 Å². The highest BCUT2D eigenvalue weighted by Crippen LogP contribution is 2.15. The van der Waals surface area contributed by atoms with Gasteiger partial charge in [-0.05, 0) is 30.5 Å². The molecule has 0 heterocycles. The number of hydrogen-bond acceptors (Lipinski definition) is 3. The van der Waals surface area contributed by atoms with Crippen molar-refractivity contribution in [2.75, 3.05) is 11.9 Å². The second kappa shape index (κ2) is 8.01. The molecule has 0 radical (unpaired) electrons. The first kappa shape index (κ1) is 16.7. The van der Waals surface area contributed by atoms with Gasteiger partial charge in [-0.3, -0.25) is 9.59 Å². The second-order valence-corrected chi connectivity index (χ2v) is 5.87. The number of aliphatic hydroxyl groups excluding tert-OH is 1. The van der Waals surface area contributed by atoms with E-state index in [1.54, 1.807) is 18.2 Å². The van der Waals surface area contributed by atoms with Gasteiger partial charge in [-0.2, -0.15) is 0 Å². The minimum Gasteiger partial charge on any atom is -0.391 e. The highest BCUT2D eigenvalue weighted by atomic mass is 79.9. The lowest BCUT2D eigenvalue weighted by Crippen LogP contribution is -2.39. The Morgan fingerprint density at radius 1 is 1.30 bits per heavy atom. The molecule has 2 amide bonds. The molecule has 0 spiro atoms. The maximum Gasteiger partial charge on any atom is 0.313 e. The standard InChI is InChI=1S/C14H19BrN2O3/c1-9(2)6-12(18)8-16-13(19)14(20)17-11-5-3-4-10(15)7-11/h3-5,7,9,12,18H,6,8H2,1-2H3,(H,16,19)(H,17,20). The summed E-state index contributed by atoms with van der Waals surface area (Å²) in [7, 11) is 0. The van der Waals surface area contributed by atoms with E-state index in [2.05, 4.69) is 26.6 Å². The maximum atomic E-state index is 11.6. The van der Waals surface area contributed by atoms with Crippen LogP contribution in [-0.2, 0) is 9.59 Å². The molecule has 3 N–H and O–H groups in total. The summed E-state index contributed by atoms with van der Waals surface area (Å²) in [5.41, 5.74) is 0.530. The maximum absolute atomic E-state index is 11.6.